The molecule has 35 heavy (non-hydrogen) atoms. The van der Waals surface area contributed by atoms with E-state index in [1.165, 1.54) is 4.88 Å². The van der Waals surface area contributed by atoms with Crippen molar-refractivity contribution in [3.8, 4) is 17.0 Å². The zero-order chi connectivity index (χ0) is 23.8. The van der Waals surface area contributed by atoms with Crippen LogP contribution in [0, 0.1) is 0 Å². The number of ether oxygens (including phenoxy) is 1. The van der Waals surface area contributed by atoms with Gasteiger partial charge < -0.3 is 4.74 Å². The van der Waals surface area contributed by atoms with Gasteiger partial charge in [0.2, 0.25) is 5.95 Å². The molecule has 0 saturated heterocycles. The Kier molecular flexibility index (Phi) is 5.68. The van der Waals surface area contributed by atoms with E-state index in [0.717, 1.165) is 45.6 Å². The average molecular weight is 497 g/mol. The summed E-state index contributed by atoms with van der Waals surface area (Å²) >= 11 is 7.87. The van der Waals surface area contributed by atoms with Crippen LogP contribution in [0.3, 0.4) is 0 Å². The van der Waals surface area contributed by atoms with Crippen molar-refractivity contribution in [1.82, 2.24) is 9.97 Å². The van der Waals surface area contributed by atoms with Gasteiger partial charge in [0.15, 0.2) is 0 Å². The van der Waals surface area contributed by atoms with Gasteiger partial charge in [-0.25, -0.2) is 15.0 Å². The highest BCUT2D eigenvalue weighted by Crippen LogP contribution is 2.40. The maximum absolute atomic E-state index is 6.16. The molecule has 1 aliphatic rings. The van der Waals surface area contributed by atoms with Crippen molar-refractivity contribution in [2.75, 3.05) is 12.1 Å². The van der Waals surface area contributed by atoms with Gasteiger partial charge >= 0.3 is 0 Å². The van der Waals surface area contributed by atoms with Crippen molar-refractivity contribution < 1.29 is 4.74 Å². The summed E-state index contributed by atoms with van der Waals surface area (Å²) in [6, 6.07) is 28.0. The van der Waals surface area contributed by atoms with Gasteiger partial charge in [-0.2, -0.15) is 5.10 Å². The lowest BCUT2D eigenvalue weighted by molar-refractivity contribution is 0.414. The molecular weight excluding hydrogens is 476 g/mol. The van der Waals surface area contributed by atoms with Crippen LogP contribution in [0.2, 0.25) is 5.02 Å². The molecule has 1 aliphatic heterocycles. The number of para-hydroxylation sites is 2. The first-order valence-electron chi connectivity index (χ1n) is 11.3. The summed E-state index contributed by atoms with van der Waals surface area (Å²) in [7, 11) is 1.69. The largest absolute Gasteiger partial charge is 0.496 e. The number of halogens is 1. The summed E-state index contributed by atoms with van der Waals surface area (Å²) in [5, 5.41) is 10.8. The molecule has 172 valence electrons. The second-order valence-corrected chi connectivity index (χ2v) is 9.64. The smallest absolute Gasteiger partial charge is 0.247 e. The number of hydrazone groups is 1. The fourth-order valence-electron chi connectivity index (χ4n) is 4.44. The average Bonchev–Trinajstić information content (AvgIpc) is 3.59. The molecule has 0 spiro atoms. The van der Waals surface area contributed by atoms with Crippen molar-refractivity contribution in [1.29, 1.82) is 0 Å². The number of methoxy groups -OCH3 is 1. The van der Waals surface area contributed by atoms with Crippen LogP contribution in [0.1, 0.15) is 22.9 Å². The van der Waals surface area contributed by atoms with Crippen molar-refractivity contribution in [2.45, 2.75) is 12.5 Å². The van der Waals surface area contributed by atoms with Crippen LogP contribution >= 0.6 is 22.9 Å². The molecule has 0 aliphatic carbocycles. The van der Waals surface area contributed by atoms with Gasteiger partial charge in [0.25, 0.3) is 0 Å². The first kappa shape index (κ1) is 21.8. The molecule has 0 N–H and O–H groups in total. The van der Waals surface area contributed by atoms with E-state index in [2.05, 4.69) is 17.5 Å². The van der Waals surface area contributed by atoms with Crippen molar-refractivity contribution in [2.24, 2.45) is 5.10 Å². The van der Waals surface area contributed by atoms with Crippen molar-refractivity contribution in [3.63, 3.8) is 0 Å². The van der Waals surface area contributed by atoms with E-state index in [1.807, 2.05) is 77.8 Å². The maximum atomic E-state index is 6.16. The lowest BCUT2D eigenvalue weighted by Gasteiger charge is -2.21. The topological polar surface area (TPSA) is 50.6 Å². The van der Waals surface area contributed by atoms with Gasteiger partial charge in [0.1, 0.15) is 5.75 Å². The Hall–Kier alpha value is -3.74. The number of anilines is 1. The molecule has 3 heterocycles. The quantitative estimate of drug-likeness (QED) is 0.255. The van der Waals surface area contributed by atoms with Crippen LogP contribution < -0.4 is 9.75 Å². The van der Waals surface area contributed by atoms with Gasteiger partial charge in [0.05, 0.1) is 30.1 Å². The Labute approximate surface area is 212 Å². The third-order valence-electron chi connectivity index (χ3n) is 6.11. The summed E-state index contributed by atoms with van der Waals surface area (Å²) in [6.45, 7) is 0. The Morgan fingerprint density at radius 2 is 1.71 bits per heavy atom. The Bertz CT molecular complexity index is 1530. The predicted molar refractivity (Wildman–Crippen MR) is 144 cm³/mol. The van der Waals surface area contributed by atoms with Gasteiger partial charge in [-0.3, -0.25) is 0 Å². The number of nitrogens with zero attached hydrogens (tertiary/aromatic N) is 4. The number of fused-ring (bicyclic) bond motifs is 1. The predicted octanol–water partition coefficient (Wildman–Crippen LogP) is 7.38. The molecular formula is C28H21ClN4OS. The second-order valence-electron chi connectivity index (χ2n) is 8.22. The van der Waals surface area contributed by atoms with Crippen molar-refractivity contribution in [3.05, 3.63) is 106 Å². The fourth-order valence-corrected chi connectivity index (χ4v) is 5.38. The maximum Gasteiger partial charge on any atom is 0.247 e. The van der Waals surface area contributed by atoms with Crippen LogP contribution in [0.15, 0.2) is 95.4 Å². The summed E-state index contributed by atoms with van der Waals surface area (Å²) in [6.07, 6.45) is 0.730. The first-order chi connectivity index (χ1) is 17.2. The Balaban J connectivity index is 1.53. The number of aromatic nitrogens is 2. The molecule has 1 atom stereocenters. The normalized spacial score (nSPS) is 15.4. The minimum atomic E-state index is -0.00542. The molecule has 0 saturated carbocycles. The van der Waals surface area contributed by atoms with E-state index in [4.69, 9.17) is 31.4 Å². The number of hydrogen-bond acceptors (Lipinski definition) is 6. The summed E-state index contributed by atoms with van der Waals surface area (Å²) < 4.78 is 5.63. The third-order valence-corrected chi connectivity index (χ3v) is 7.34. The zero-order valence-corrected chi connectivity index (χ0v) is 20.5. The highest BCUT2D eigenvalue weighted by Gasteiger charge is 2.33. The highest BCUT2D eigenvalue weighted by molar-refractivity contribution is 7.10. The van der Waals surface area contributed by atoms with Crippen molar-refractivity contribution >= 4 is 45.5 Å². The highest BCUT2D eigenvalue weighted by atomic mass is 35.5. The minimum absolute atomic E-state index is 0.00542. The van der Waals surface area contributed by atoms with Crippen LogP contribution in [-0.4, -0.2) is 22.8 Å². The van der Waals surface area contributed by atoms with E-state index in [-0.39, 0.29) is 6.04 Å². The lowest BCUT2D eigenvalue weighted by Crippen LogP contribution is -2.20. The molecule has 5 nitrogen and oxygen atoms in total. The molecule has 5 aromatic rings. The minimum Gasteiger partial charge on any atom is -0.496 e. The summed E-state index contributed by atoms with van der Waals surface area (Å²) in [5.41, 5.74) is 4.64. The molecule has 3 aromatic carbocycles. The zero-order valence-electron chi connectivity index (χ0n) is 18.9. The van der Waals surface area contributed by atoms with Gasteiger partial charge in [-0.05, 0) is 41.8 Å². The molecule has 2 aromatic heterocycles. The fraction of sp³-hybridized carbons (Fsp3) is 0.107. The molecule has 6 rings (SSSR count). The van der Waals surface area contributed by atoms with E-state index >= 15 is 0 Å². The Morgan fingerprint density at radius 1 is 0.914 bits per heavy atom. The summed E-state index contributed by atoms with van der Waals surface area (Å²) in [4.78, 5) is 11.2. The summed E-state index contributed by atoms with van der Waals surface area (Å²) in [5.74, 6) is 1.37. The monoisotopic (exact) mass is 496 g/mol. The molecule has 0 bridgehead atoms. The van der Waals surface area contributed by atoms with E-state index < -0.39 is 0 Å². The van der Waals surface area contributed by atoms with E-state index in [0.29, 0.717) is 11.0 Å². The van der Waals surface area contributed by atoms with Crippen LogP contribution in [0.5, 0.6) is 5.75 Å². The number of hydrogen-bond donors (Lipinski definition) is 0. The standard InChI is InChI=1S/C28H21ClN4OS/c1-34-25-10-5-3-7-20(25)23-17-24(26-11-6-16-35-26)33(32-23)28-30-22-9-4-2-8-21(22)27(31-28)18-12-14-19(29)15-13-18/h2-16,24H,17H2,1H3/t24-/m0/s1. The SMILES string of the molecule is COc1ccccc1C1=NN(c2nc(-c3ccc(Cl)cc3)c3ccccc3n2)[C@H](c2cccs2)C1. The van der Waals surface area contributed by atoms with Crippen LogP contribution in [-0.2, 0) is 0 Å². The van der Waals surface area contributed by atoms with Crippen LogP contribution in [0.4, 0.5) is 5.95 Å². The van der Waals surface area contributed by atoms with E-state index in [9.17, 15) is 0 Å². The molecule has 7 heteroatoms. The number of benzene rings is 3. The Morgan fingerprint density at radius 3 is 2.51 bits per heavy atom. The van der Waals surface area contributed by atoms with Gasteiger partial charge in [-0.15, -0.1) is 11.3 Å². The van der Waals surface area contributed by atoms with Crippen LogP contribution in [0.25, 0.3) is 22.2 Å². The molecule has 0 amide bonds. The third kappa shape index (κ3) is 4.05. The van der Waals surface area contributed by atoms with Gasteiger partial charge in [0, 0.05) is 32.8 Å². The molecule has 0 fully saturated rings. The molecule has 0 unspecified atom stereocenters. The first-order valence-corrected chi connectivity index (χ1v) is 12.5. The number of thiophene rings is 1. The number of rotatable bonds is 5. The molecule has 0 radical (unpaired) electrons. The lowest BCUT2D eigenvalue weighted by atomic mass is 10.0. The van der Waals surface area contributed by atoms with E-state index in [1.54, 1.807) is 18.4 Å². The second kappa shape index (κ2) is 9.13. The van der Waals surface area contributed by atoms with Gasteiger partial charge in [-0.1, -0.05) is 60.1 Å².